The molecular formula is C11H11BrClN3. The van der Waals surface area contributed by atoms with Crippen molar-refractivity contribution < 1.29 is 0 Å². The number of nitrogens with zero attached hydrogens (tertiary/aromatic N) is 3. The Balaban J connectivity index is 2.85. The van der Waals surface area contributed by atoms with Crippen molar-refractivity contribution in [1.82, 2.24) is 14.5 Å². The van der Waals surface area contributed by atoms with Crippen molar-refractivity contribution in [1.29, 1.82) is 0 Å². The van der Waals surface area contributed by atoms with E-state index in [2.05, 4.69) is 44.0 Å². The molecule has 0 unspecified atom stereocenters. The predicted molar refractivity (Wildman–Crippen MR) is 69.8 cm³/mol. The molecule has 84 valence electrons. The zero-order valence-corrected chi connectivity index (χ0v) is 11.2. The predicted octanol–water partition coefficient (Wildman–Crippen LogP) is 3.60. The normalized spacial score (nSPS) is 10.9. The summed E-state index contributed by atoms with van der Waals surface area (Å²) in [6, 6.07) is 0. The lowest BCUT2D eigenvalue weighted by atomic mass is 10.3. The molecule has 0 radical (unpaired) electrons. The van der Waals surface area contributed by atoms with Crippen molar-refractivity contribution in [3.63, 3.8) is 0 Å². The molecular weight excluding hydrogens is 289 g/mol. The van der Waals surface area contributed by atoms with E-state index in [-0.39, 0.29) is 0 Å². The molecule has 0 aliphatic rings. The molecule has 0 saturated carbocycles. The topological polar surface area (TPSA) is 30.7 Å². The largest absolute Gasteiger partial charge is 0.325 e. The lowest BCUT2D eigenvalue weighted by molar-refractivity contribution is 0.782. The van der Waals surface area contributed by atoms with Gasteiger partial charge >= 0.3 is 0 Å². The van der Waals surface area contributed by atoms with E-state index < -0.39 is 0 Å². The van der Waals surface area contributed by atoms with Crippen LogP contribution in [0.4, 0.5) is 0 Å². The fourth-order valence-electron chi connectivity index (χ4n) is 1.81. The number of allylic oxidation sites excluding steroid dienone is 1. The van der Waals surface area contributed by atoms with Crippen LogP contribution >= 0.6 is 27.5 Å². The van der Waals surface area contributed by atoms with Gasteiger partial charge in [-0.2, -0.15) is 0 Å². The molecule has 0 bridgehead atoms. The minimum atomic E-state index is 0.481. The summed E-state index contributed by atoms with van der Waals surface area (Å²) < 4.78 is 3.08. The van der Waals surface area contributed by atoms with Crippen LogP contribution in [0.5, 0.6) is 0 Å². The van der Waals surface area contributed by atoms with Crippen LogP contribution in [0.1, 0.15) is 12.6 Å². The van der Waals surface area contributed by atoms with Gasteiger partial charge < -0.3 is 4.57 Å². The fraction of sp³-hybridized carbons (Fsp3) is 0.273. The van der Waals surface area contributed by atoms with Crippen LogP contribution in [0.3, 0.4) is 0 Å². The molecule has 0 aliphatic heterocycles. The minimum absolute atomic E-state index is 0.481. The molecule has 2 heterocycles. The monoisotopic (exact) mass is 299 g/mol. The Bertz CT molecular complexity index is 548. The maximum atomic E-state index is 6.08. The zero-order chi connectivity index (χ0) is 11.7. The molecule has 2 aromatic rings. The summed E-state index contributed by atoms with van der Waals surface area (Å²) in [7, 11) is 0. The average molecular weight is 301 g/mol. The summed E-state index contributed by atoms with van der Waals surface area (Å²) >= 11 is 9.65. The van der Waals surface area contributed by atoms with Crippen LogP contribution in [0.15, 0.2) is 23.5 Å². The van der Waals surface area contributed by atoms with E-state index in [1.165, 1.54) is 6.33 Å². The molecule has 0 N–H and O–H groups in total. The molecule has 0 spiro atoms. The van der Waals surface area contributed by atoms with Gasteiger partial charge in [0.25, 0.3) is 0 Å². The quantitative estimate of drug-likeness (QED) is 0.640. The highest BCUT2D eigenvalue weighted by molar-refractivity contribution is 9.10. The number of hydrogen-bond acceptors (Lipinski definition) is 2. The van der Waals surface area contributed by atoms with Crippen LogP contribution in [0.2, 0.25) is 5.15 Å². The SMILES string of the molecule is C=CCn1c(CC)c(Br)c2c(Cl)ncnc21. The number of aromatic nitrogens is 3. The molecule has 0 fully saturated rings. The summed E-state index contributed by atoms with van der Waals surface area (Å²) in [6.45, 7) is 6.58. The maximum absolute atomic E-state index is 6.08. The van der Waals surface area contributed by atoms with E-state index >= 15 is 0 Å². The molecule has 0 aliphatic carbocycles. The van der Waals surface area contributed by atoms with E-state index in [0.717, 1.165) is 34.2 Å². The van der Waals surface area contributed by atoms with Crippen molar-refractivity contribution in [2.75, 3.05) is 0 Å². The second-order valence-electron chi connectivity index (χ2n) is 3.38. The summed E-state index contributed by atoms with van der Waals surface area (Å²) in [4.78, 5) is 8.28. The first-order valence-corrected chi connectivity index (χ1v) is 6.15. The molecule has 2 aromatic heterocycles. The molecule has 0 atom stereocenters. The Kier molecular flexibility index (Phi) is 3.30. The molecule has 2 rings (SSSR count). The van der Waals surface area contributed by atoms with Gasteiger partial charge in [0.2, 0.25) is 0 Å². The highest BCUT2D eigenvalue weighted by Crippen LogP contribution is 2.33. The standard InChI is InChI=1S/C11H11BrClN3/c1-3-5-16-7(4-2)9(12)8-10(13)14-6-15-11(8)16/h3,6H,1,4-5H2,2H3. The van der Waals surface area contributed by atoms with Crippen LogP contribution in [-0.4, -0.2) is 14.5 Å². The second-order valence-corrected chi connectivity index (χ2v) is 4.53. The summed E-state index contributed by atoms with van der Waals surface area (Å²) in [5, 5.41) is 1.36. The molecule has 0 aromatic carbocycles. The van der Waals surface area contributed by atoms with E-state index in [9.17, 15) is 0 Å². The van der Waals surface area contributed by atoms with Crippen molar-refractivity contribution in [3.8, 4) is 0 Å². The van der Waals surface area contributed by atoms with Crippen LogP contribution in [0, 0.1) is 0 Å². The Hall–Kier alpha value is -0.870. The average Bonchev–Trinajstić information content (AvgIpc) is 2.54. The third-order valence-electron chi connectivity index (χ3n) is 2.48. The first kappa shape index (κ1) is 11.6. The van der Waals surface area contributed by atoms with E-state index in [1.54, 1.807) is 0 Å². The van der Waals surface area contributed by atoms with E-state index in [4.69, 9.17) is 11.6 Å². The lowest BCUT2D eigenvalue weighted by Gasteiger charge is -2.05. The van der Waals surface area contributed by atoms with Crippen molar-refractivity contribution >= 4 is 38.6 Å². The van der Waals surface area contributed by atoms with Crippen molar-refractivity contribution in [2.24, 2.45) is 0 Å². The van der Waals surface area contributed by atoms with Gasteiger partial charge in [0.05, 0.1) is 9.86 Å². The number of rotatable bonds is 3. The smallest absolute Gasteiger partial charge is 0.146 e. The maximum Gasteiger partial charge on any atom is 0.146 e. The van der Waals surface area contributed by atoms with Crippen LogP contribution in [-0.2, 0) is 13.0 Å². The van der Waals surface area contributed by atoms with Crippen LogP contribution in [0.25, 0.3) is 11.0 Å². The summed E-state index contributed by atoms with van der Waals surface area (Å²) in [5.74, 6) is 0. The minimum Gasteiger partial charge on any atom is -0.325 e. The first-order chi connectivity index (χ1) is 7.70. The van der Waals surface area contributed by atoms with Gasteiger partial charge in [0, 0.05) is 12.2 Å². The van der Waals surface area contributed by atoms with Gasteiger partial charge in [-0.1, -0.05) is 24.6 Å². The number of halogens is 2. The summed E-state index contributed by atoms with van der Waals surface area (Å²) in [6.07, 6.45) is 4.23. The third-order valence-corrected chi connectivity index (χ3v) is 3.62. The Labute approximate surface area is 107 Å². The summed E-state index contributed by atoms with van der Waals surface area (Å²) in [5.41, 5.74) is 2.01. The fourth-order valence-corrected chi connectivity index (χ4v) is 3.01. The zero-order valence-electron chi connectivity index (χ0n) is 8.87. The van der Waals surface area contributed by atoms with Gasteiger partial charge in [-0.3, -0.25) is 0 Å². The Morgan fingerprint density at radius 2 is 2.31 bits per heavy atom. The van der Waals surface area contributed by atoms with E-state index in [0.29, 0.717) is 5.15 Å². The van der Waals surface area contributed by atoms with Gasteiger partial charge in [0.1, 0.15) is 17.1 Å². The van der Waals surface area contributed by atoms with Crippen molar-refractivity contribution in [3.05, 3.63) is 34.3 Å². The third kappa shape index (κ3) is 1.66. The molecule has 0 amide bonds. The van der Waals surface area contributed by atoms with Gasteiger partial charge in [-0.05, 0) is 22.4 Å². The van der Waals surface area contributed by atoms with Gasteiger partial charge in [-0.25, -0.2) is 9.97 Å². The highest BCUT2D eigenvalue weighted by Gasteiger charge is 2.17. The first-order valence-electron chi connectivity index (χ1n) is 4.98. The number of fused-ring (bicyclic) bond motifs is 1. The highest BCUT2D eigenvalue weighted by atomic mass is 79.9. The van der Waals surface area contributed by atoms with Gasteiger partial charge in [-0.15, -0.1) is 6.58 Å². The Morgan fingerprint density at radius 3 is 2.94 bits per heavy atom. The second kappa shape index (κ2) is 4.55. The lowest BCUT2D eigenvalue weighted by Crippen LogP contribution is -2.01. The number of hydrogen-bond donors (Lipinski definition) is 0. The Morgan fingerprint density at radius 1 is 1.56 bits per heavy atom. The molecule has 0 saturated heterocycles. The van der Waals surface area contributed by atoms with E-state index in [1.807, 2.05) is 6.08 Å². The molecule has 16 heavy (non-hydrogen) atoms. The van der Waals surface area contributed by atoms with Crippen molar-refractivity contribution in [2.45, 2.75) is 19.9 Å². The molecule has 5 heteroatoms. The van der Waals surface area contributed by atoms with Crippen LogP contribution < -0.4 is 0 Å². The molecule has 3 nitrogen and oxygen atoms in total. The van der Waals surface area contributed by atoms with Gasteiger partial charge in [0.15, 0.2) is 0 Å².